The largest absolute Gasteiger partial charge is 0.435 e. The maximum Gasteiger partial charge on any atom is 0.435 e. The van der Waals surface area contributed by atoms with E-state index in [-0.39, 0.29) is 30.9 Å². The van der Waals surface area contributed by atoms with E-state index in [1.54, 1.807) is 30.7 Å². The summed E-state index contributed by atoms with van der Waals surface area (Å²) < 4.78 is 82.9. The number of aryl methyl sites for hydroxylation is 1. The van der Waals surface area contributed by atoms with Crippen molar-refractivity contribution in [1.82, 2.24) is 30.3 Å². The van der Waals surface area contributed by atoms with Gasteiger partial charge in [0, 0.05) is 66.7 Å². The van der Waals surface area contributed by atoms with E-state index in [2.05, 4.69) is 20.6 Å². The molecule has 1 saturated heterocycles. The van der Waals surface area contributed by atoms with Gasteiger partial charge in [0.15, 0.2) is 5.69 Å². The number of fused-ring (bicyclic) bond motifs is 1. The van der Waals surface area contributed by atoms with Crippen LogP contribution in [-0.2, 0) is 29.4 Å². The van der Waals surface area contributed by atoms with E-state index in [4.69, 9.17) is 9.17 Å². The summed E-state index contributed by atoms with van der Waals surface area (Å²) in [5.74, 6) is -0.118. The van der Waals surface area contributed by atoms with Crippen LogP contribution in [0.3, 0.4) is 0 Å². The molecule has 0 radical (unpaired) electrons. The van der Waals surface area contributed by atoms with Gasteiger partial charge in [0.05, 0.1) is 17.0 Å². The van der Waals surface area contributed by atoms with Gasteiger partial charge in [-0.15, -0.1) is 11.3 Å². The molecular formula is C25H28F4N6O3S2. The van der Waals surface area contributed by atoms with Crippen molar-refractivity contribution in [3.63, 3.8) is 0 Å². The molecule has 1 fully saturated rings. The van der Waals surface area contributed by atoms with Crippen molar-refractivity contribution in [1.29, 1.82) is 0 Å². The van der Waals surface area contributed by atoms with Crippen molar-refractivity contribution < 1.29 is 30.2 Å². The fourth-order valence-electron chi connectivity index (χ4n) is 4.81. The van der Waals surface area contributed by atoms with Crippen LogP contribution in [-0.4, -0.2) is 47.4 Å². The third kappa shape index (κ3) is 6.48. The number of aromatic nitrogens is 3. The lowest BCUT2D eigenvalue weighted by Crippen LogP contribution is -2.31. The van der Waals surface area contributed by atoms with Crippen molar-refractivity contribution in [3.05, 3.63) is 68.8 Å². The average Bonchev–Trinajstić information content (AvgIpc) is 3.45. The zero-order chi connectivity index (χ0) is 28.7. The van der Waals surface area contributed by atoms with Gasteiger partial charge < -0.3 is 9.08 Å². The van der Waals surface area contributed by atoms with Gasteiger partial charge in [0.1, 0.15) is 17.7 Å². The number of rotatable bonds is 6. The molecule has 1 aromatic carbocycles. The average molecular weight is 601 g/mol. The number of piperidine rings is 1. The Morgan fingerprint density at radius 2 is 1.82 bits per heavy atom. The summed E-state index contributed by atoms with van der Waals surface area (Å²) in [6.45, 7) is 3.37. The van der Waals surface area contributed by atoms with Crippen LogP contribution in [0.25, 0.3) is 6.20 Å². The van der Waals surface area contributed by atoms with Crippen LogP contribution in [0.5, 0.6) is 5.75 Å². The van der Waals surface area contributed by atoms with Gasteiger partial charge >= 0.3 is 16.3 Å². The van der Waals surface area contributed by atoms with Crippen molar-refractivity contribution in [2.24, 2.45) is 0 Å². The minimum atomic E-state index is -4.48. The molecule has 3 aromatic rings. The summed E-state index contributed by atoms with van der Waals surface area (Å²) in [5.41, 5.74) is 1.03. The molecule has 0 spiro atoms. The molecule has 0 aliphatic carbocycles. The van der Waals surface area contributed by atoms with Gasteiger partial charge in [0.25, 0.3) is 0 Å². The van der Waals surface area contributed by atoms with E-state index in [0.717, 1.165) is 49.0 Å². The third-order valence-corrected chi connectivity index (χ3v) is 8.39. The second-order valence-electron chi connectivity index (χ2n) is 9.82. The van der Waals surface area contributed by atoms with E-state index in [1.165, 1.54) is 16.8 Å². The zero-order valence-electron chi connectivity index (χ0n) is 21.7. The second kappa shape index (κ2) is 11.1. The number of alkyl halides is 3. The first-order chi connectivity index (χ1) is 18.9. The molecule has 0 bridgehead atoms. The van der Waals surface area contributed by atoms with Gasteiger partial charge in [0.2, 0.25) is 0 Å². The summed E-state index contributed by atoms with van der Waals surface area (Å²) in [5, 5.41) is 13.1. The first-order valence-corrected chi connectivity index (χ1v) is 15.2. The quantitative estimate of drug-likeness (QED) is 0.318. The molecule has 2 aliphatic heterocycles. The third-order valence-electron chi connectivity index (χ3n) is 6.88. The smallest absolute Gasteiger partial charge is 0.382 e. The van der Waals surface area contributed by atoms with Gasteiger partial charge in [-0.05, 0) is 38.0 Å². The van der Waals surface area contributed by atoms with Crippen molar-refractivity contribution in [2.75, 3.05) is 19.3 Å². The molecular weight excluding hydrogens is 572 g/mol. The Balaban J connectivity index is 1.20. The highest BCUT2D eigenvalue weighted by Crippen LogP contribution is 2.34. The topological polar surface area (TPSA) is 101 Å². The van der Waals surface area contributed by atoms with Crippen LogP contribution in [0.1, 0.15) is 58.1 Å². The Morgan fingerprint density at radius 1 is 1.12 bits per heavy atom. The lowest BCUT2D eigenvalue weighted by Gasteiger charge is -2.30. The maximum absolute atomic E-state index is 14.5. The van der Waals surface area contributed by atoms with Crippen LogP contribution < -0.4 is 14.8 Å². The molecule has 2 N–H and O–H groups in total. The lowest BCUT2D eigenvalue weighted by molar-refractivity contribution is -0.141. The standard InChI is InChI=1S/C25H28F4N6O3S2/c1-15-11-22(25(27,28)29)33-35(15)10-9-34-7-5-16(6-8-34)24-32-20(14-39-24)23-30-12-17-18(13-31-23)21(4-3-19(17)26)38-40(2,36)37/h3-4,9-11,14,16,23,30-31H,5-8,12-13H2,1-2H3. The van der Waals surface area contributed by atoms with E-state index >= 15 is 0 Å². The number of benzene rings is 1. The number of thiazole rings is 1. The summed E-state index contributed by atoms with van der Waals surface area (Å²) in [7, 11) is -3.77. The first kappa shape index (κ1) is 28.5. The van der Waals surface area contributed by atoms with Crippen LogP contribution in [0.2, 0.25) is 0 Å². The number of nitrogens with zero attached hydrogens (tertiary/aromatic N) is 4. The molecule has 1 unspecified atom stereocenters. The Morgan fingerprint density at radius 3 is 2.48 bits per heavy atom. The van der Waals surface area contributed by atoms with Gasteiger partial charge in [-0.2, -0.15) is 26.7 Å². The number of hydrogen-bond donors (Lipinski definition) is 2. The molecule has 2 aliphatic rings. The molecule has 4 heterocycles. The van der Waals surface area contributed by atoms with Crippen LogP contribution in [0.15, 0.2) is 29.8 Å². The van der Waals surface area contributed by atoms with Crippen molar-refractivity contribution >= 4 is 27.7 Å². The Labute approximate surface area is 233 Å². The summed E-state index contributed by atoms with van der Waals surface area (Å²) in [6.07, 6.45) is 1.06. The van der Waals surface area contributed by atoms with Crippen molar-refractivity contribution in [3.8, 4) is 5.75 Å². The minimum absolute atomic E-state index is 0.0946. The predicted molar refractivity (Wildman–Crippen MR) is 141 cm³/mol. The Kier molecular flexibility index (Phi) is 7.92. The molecule has 0 amide bonds. The fraction of sp³-hybridized carbons (Fsp3) is 0.440. The van der Waals surface area contributed by atoms with Gasteiger partial charge in [-0.3, -0.25) is 10.6 Å². The molecule has 9 nitrogen and oxygen atoms in total. The maximum atomic E-state index is 14.5. The number of nitrogens with one attached hydrogen (secondary N) is 2. The number of hydrogen-bond acceptors (Lipinski definition) is 9. The normalized spacial score (nSPS) is 19.1. The van der Waals surface area contributed by atoms with Crippen molar-refractivity contribution in [2.45, 2.75) is 51.1 Å². The van der Waals surface area contributed by atoms with E-state index in [0.29, 0.717) is 16.8 Å². The van der Waals surface area contributed by atoms with Gasteiger partial charge in [-0.1, -0.05) is 0 Å². The molecule has 40 heavy (non-hydrogen) atoms. The fourth-order valence-corrected chi connectivity index (χ4v) is 6.31. The summed E-state index contributed by atoms with van der Waals surface area (Å²) >= 11 is 1.55. The summed E-state index contributed by atoms with van der Waals surface area (Å²) in [6, 6.07) is 3.53. The Bertz CT molecular complexity index is 1510. The Hall–Kier alpha value is -3.01. The SMILES string of the molecule is Cc1cc(C(F)(F)F)nn1C=CN1CCC(c2nc(C3NCc4c(F)ccc(OS(C)(=O)=O)c4CN3)cs2)CC1. The summed E-state index contributed by atoms with van der Waals surface area (Å²) in [4.78, 5) is 6.89. The molecule has 0 saturated carbocycles. The van der Waals surface area contributed by atoms with E-state index in [9.17, 15) is 26.0 Å². The molecule has 2 aromatic heterocycles. The first-order valence-electron chi connectivity index (χ1n) is 12.5. The minimum Gasteiger partial charge on any atom is -0.382 e. The van der Waals surface area contributed by atoms with Gasteiger partial charge in [-0.25, -0.2) is 14.1 Å². The monoisotopic (exact) mass is 600 g/mol. The molecule has 15 heteroatoms. The van der Waals surface area contributed by atoms with E-state index < -0.39 is 27.8 Å². The second-order valence-corrected chi connectivity index (χ2v) is 12.3. The van der Waals surface area contributed by atoms with Crippen LogP contribution >= 0.6 is 11.3 Å². The molecule has 5 rings (SSSR count). The highest BCUT2D eigenvalue weighted by molar-refractivity contribution is 7.86. The number of likely N-dealkylation sites (tertiary alicyclic amines) is 1. The zero-order valence-corrected chi connectivity index (χ0v) is 23.3. The highest BCUT2D eigenvalue weighted by atomic mass is 32.2. The van der Waals surface area contributed by atoms with Crippen LogP contribution in [0, 0.1) is 12.7 Å². The van der Waals surface area contributed by atoms with Crippen LogP contribution in [0.4, 0.5) is 17.6 Å². The predicted octanol–water partition coefficient (Wildman–Crippen LogP) is 4.34. The number of halogens is 4. The lowest BCUT2D eigenvalue weighted by atomic mass is 9.98. The molecule has 216 valence electrons. The molecule has 1 atom stereocenters. The van der Waals surface area contributed by atoms with E-state index in [1.807, 2.05) is 5.38 Å². The highest BCUT2D eigenvalue weighted by Gasteiger charge is 2.34.